The molecule has 7 nitrogen and oxygen atoms in total. The van der Waals surface area contributed by atoms with E-state index in [9.17, 15) is 18.0 Å². The lowest BCUT2D eigenvalue weighted by Gasteiger charge is -2.26. The number of ether oxygens (including phenoxy) is 1. The summed E-state index contributed by atoms with van der Waals surface area (Å²) in [5.74, 6) is -1.02. The Hall–Kier alpha value is -2.71. The van der Waals surface area contributed by atoms with Crippen LogP contribution in [0.1, 0.15) is 59.6 Å². The van der Waals surface area contributed by atoms with Crippen LogP contribution in [0.4, 0.5) is 0 Å². The highest BCUT2D eigenvalue weighted by Crippen LogP contribution is 2.29. The van der Waals surface area contributed by atoms with Crippen LogP contribution < -0.4 is 5.32 Å². The van der Waals surface area contributed by atoms with E-state index in [0.717, 1.165) is 44.1 Å². The summed E-state index contributed by atoms with van der Waals surface area (Å²) < 4.78 is 32.1. The Morgan fingerprint density at radius 1 is 0.969 bits per heavy atom. The minimum absolute atomic E-state index is 0.0783. The number of benzene rings is 2. The third-order valence-corrected chi connectivity index (χ3v) is 7.99. The van der Waals surface area contributed by atoms with Crippen molar-refractivity contribution in [2.45, 2.75) is 49.5 Å². The van der Waals surface area contributed by atoms with Gasteiger partial charge in [0.05, 0.1) is 16.5 Å². The largest absolute Gasteiger partial charge is 0.452 e. The second-order valence-electron chi connectivity index (χ2n) is 8.28. The maximum Gasteiger partial charge on any atom is 0.338 e. The summed E-state index contributed by atoms with van der Waals surface area (Å²) in [5, 5.41) is 2.95. The van der Waals surface area contributed by atoms with Crippen molar-refractivity contribution < 1.29 is 22.7 Å². The highest BCUT2D eigenvalue weighted by molar-refractivity contribution is 7.89. The smallest absolute Gasteiger partial charge is 0.338 e. The molecule has 1 aliphatic carbocycles. The van der Waals surface area contributed by atoms with Gasteiger partial charge in [0.15, 0.2) is 6.61 Å². The average Bonchev–Trinajstić information content (AvgIpc) is 2.83. The molecule has 1 atom stereocenters. The van der Waals surface area contributed by atoms with Crippen molar-refractivity contribution in [2.75, 3.05) is 19.7 Å². The Labute approximate surface area is 188 Å². The van der Waals surface area contributed by atoms with Crippen molar-refractivity contribution in [3.8, 4) is 0 Å². The lowest BCUT2D eigenvalue weighted by Crippen LogP contribution is -2.35. The van der Waals surface area contributed by atoms with Crippen LogP contribution >= 0.6 is 0 Å². The Morgan fingerprint density at radius 2 is 1.69 bits per heavy atom. The predicted octanol–water partition coefficient (Wildman–Crippen LogP) is 3.21. The van der Waals surface area contributed by atoms with Gasteiger partial charge in [0.1, 0.15) is 0 Å². The SMILES string of the molecule is O=C(COC(=O)c1ccc(S(=O)(=O)N2CCCCC2)cc1)N[C@H]1CCCc2ccccc21. The molecule has 0 saturated carbocycles. The molecule has 0 aromatic heterocycles. The van der Waals surface area contributed by atoms with Crippen molar-refractivity contribution in [3.63, 3.8) is 0 Å². The molecule has 0 bridgehead atoms. The molecular weight excluding hydrogens is 428 g/mol. The van der Waals surface area contributed by atoms with E-state index in [4.69, 9.17) is 4.74 Å². The number of sulfonamides is 1. The van der Waals surface area contributed by atoms with Gasteiger partial charge in [0, 0.05) is 13.1 Å². The van der Waals surface area contributed by atoms with Crippen molar-refractivity contribution in [1.82, 2.24) is 9.62 Å². The van der Waals surface area contributed by atoms with Crippen molar-refractivity contribution in [3.05, 3.63) is 65.2 Å². The van der Waals surface area contributed by atoms with Gasteiger partial charge in [-0.2, -0.15) is 4.31 Å². The van der Waals surface area contributed by atoms with E-state index in [1.807, 2.05) is 18.2 Å². The number of esters is 1. The minimum Gasteiger partial charge on any atom is -0.452 e. The molecule has 4 rings (SSSR count). The van der Waals surface area contributed by atoms with E-state index in [-0.39, 0.29) is 29.0 Å². The minimum atomic E-state index is -3.55. The van der Waals surface area contributed by atoms with Gasteiger partial charge in [-0.05, 0) is 67.5 Å². The molecule has 0 unspecified atom stereocenters. The molecule has 32 heavy (non-hydrogen) atoms. The lowest BCUT2D eigenvalue weighted by atomic mass is 9.88. The predicted molar refractivity (Wildman–Crippen MR) is 120 cm³/mol. The van der Waals surface area contributed by atoms with Gasteiger partial charge in [0.2, 0.25) is 10.0 Å². The monoisotopic (exact) mass is 456 g/mol. The molecule has 1 fully saturated rings. The normalized spacial score (nSPS) is 19.1. The van der Waals surface area contributed by atoms with Crippen molar-refractivity contribution >= 4 is 21.9 Å². The first-order chi connectivity index (χ1) is 15.4. The molecule has 1 N–H and O–H groups in total. The van der Waals surface area contributed by atoms with Crippen molar-refractivity contribution in [2.24, 2.45) is 0 Å². The number of aryl methyl sites for hydroxylation is 1. The van der Waals surface area contributed by atoms with E-state index < -0.39 is 16.0 Å². The zero-order valence-electron chi connectivity index (χ0n) is 18.0. The molecule has 0 radical (unpaired) electrons. The standard InChI is InChI=1S/C24H28N2O5S/c27-23(25-22-10-6-8-18-7-2-3-9-21(18)22)17-31-24(28)19-11-13-20(14-12-19)32(29,30)26-15-4-1-5-16-26/h2-3,7,9,11-14,22H,1,4-6,8,10,15-17H2,(H,25,27)/t22-/m0/s1. The molecule has 2 aromatic carbocycles. The van der Waals surface area contributed by atoms with Crippen LogP contribution in [0.3, 0.4) is 0 Å². The van der Waals surface area contributed by atoms with Crippen LogP contribution in [-0.4, -0.2) is 44.3 Å². The molecule has 8 heteroatoms. The number of fused-ring (bicyclic) bond motifs is 1. The molecule has 0 spiro atoms. The molecule has 2 aliphatic rings. The first-order valence-corrected chi connectivity index (χ1v) is 12.5. The summed E-state index contributed by atoms with van der Waals surface area (Å²) in [5.41, 5.74) is 2.56. The molecule has 1 aliphatic heterocycles. The highest BCUT2D eigenvalue weighted by Gasteiger charge is 2.26. The quantitative estimate of drug-likeness (QED) is 0.674. The number of nitrogens with one attached hydrogen (secondary N) is 1. The van der Waals surface area contributed by atoms with E-state index in [2.05, 4.69) is 11.4 Å². The van der Waals surface area contributed by atoms with Gasteiger partial charge in [-0.3, -0.25) is 4.79 Å². The van der Waals surface area contributed by atoms with Crippen LogP contribution in [0.5, 0.6) is 0 Å². The first-order valence-electron chi connectivity index (χ1n) is 11.1. The third-order valence-electron chi connectivity index (χ3n) is 6.08. The van der Waals surface area contributed by atoms with Gasteiger partial charge in [-0.25, -0.2) is 13.2 Å². The fourth-order valence-electron chi connectivity index (χ4n) is 4.37. The van der Waals surface area contributed by atoms with Crippen LogP contribution in [-0.2, 0) is 26.0 Å². The summed E-state index contributed by atoms with van der Waals surface area (Å²) >= 11 is 0. The van der Waals surface area contributed by atoms with E-state index >= 15 is 0 Å². The number of nitrogens with zero attached hydrogens (tertiary/aromatic N) is 1. The highest BCUT2D eigenvalue weighted by atomic mass is 32.2. The van der Waals surface area contributed by atoms with Crippen LogP contribution in [0.15, 0.2) is 53.4 Å². The maximum absolute atomic E-state index is 12.7. The zero-order valence-corrected chi connectivity index (χ0v) is 18.8. The Balaban J connectivity index is 1.32. The second-order valence-corrected chi connectivity index (χ2v) is 10.2. The number of amides is 1. The summed E-state index contributed by atoms with van der Waals surface area (Å²) in [6.45, 7) is 0.657. The number of carbonyl (C=O) groups excluding carboxylic acids is 2. The van der Waals surface area contributed by atoms with Gasteiger partial charge < -0.3 is 10.1 Å². The molecule has 1 heterocycles. The number of hydrogen-bond donors (Lipinski definition) is 1. The fourth-order valence-corrected chi connectivity index (χ4v) is 5.89. The third kappa shape index (κ3) is 5.02. The summed E-state index contributed by atoms with van der Waals surface area (Å²) in [6, 6.07) is 13.6. The number of hydrogen-bond acceptors (Lipinski definition) is 5. The van der Waals surface area contributed by atoms with E-state index in [1.54, 1.807) is 0 Å². The molecule has 1 saturated heterocycles. The van der Waals surface area contributed by atoms with E-state index in [0.29, 0.717) is 13.1 Å². The first kappa shape index (κ1) is 22.5. The van der Waals surface area contributed by atoms with Gasteiger partial charge >= 0.3 is 5.97 Å². The Bertz CT molecular complexity index is 1080. The summed E-state index contributed by atoms with van der Waals surface area (Å²) in [7, 11) is -3.55. The maximum atomic E-state index is 12.7. The lowest BCUT2D eigenvalue weighted by molar-refractivity contribution is -0.125. The molecule has 170 valence electrons. The molecule has 1 amide bonds. The van der Waals surface area contributed by atoms with Crippen LogP contribution in [0.25, 0.3) is 0 Å². The Morgan fingerprint density at radius 3 is 2.44 bits per heavy atom. The van der Waals surface area contributed by atoms with Gasteiger partial charge in [-0.1, -0.05) is 30.7 Å². The Kier molecular flexibility index (Phi) is 6.91. The topological polar surface area (TPSA) is 92.8 Å². The summed E-state index contributed by atoms with van der Waals surface area (Å²) in [4.78, 5) is 24.8. The van der Waals surface area contributed by atoms with Crippen LogP contribution in [0, 0.1) is 0 Å². The number of carbonyl (C=O) groups is 2. The van der Waals surface area contributed by atoms with Gasteiger partial charge in [0.25, 0.3) is 5.91 Å². The number of piperidine rings is 1. The zero-order chi connectivity index (χ0) is 22.6. The average molecular weight is 457 g/mol. The van der Waals surface area contributed by atoms with Crippen LogP contribution in [0.2, 0.25) is 0 Å². The van der Waals surface area contributed by atoms with Gasteiger partial charge in [-0.15, -0.1) is 0 Å². The fraction of sp³-hybridized carbons (Fsp3) is 0.417. The molecule has 2 aromatic rings. The second kappa shape index (κ2) is 9.83. The van der Waals surface area contributed by atoms with Crippen molar-refractivity contribution in [1.29, 1.82) is 0 Å². The summed E-state index contributed by atoms with van der Waals surface area (Å²) in [6.07, 6.45) is 5.60. The molecular formula is C24H28N2O5S. The van der Waals surface area contributed by atoms with E-state index in [1.165, 1.54) is 34.1 Å². The number of rotatable bonds is 6.